The van der Waals surface area contributed by atoms with Gasteiger partial charge in [-0.15, -0.1) is 6.58 Å². The Bertz CT molecular complexity index is 794. The van der Waals surface area contributed by atoms with Crippen molar-refractivity contribution in [2.45, 2.75) is 63.9 Å². The molecule has 5 nitrogen and oxygen atoms in total. The highest BCUT2D eigenvalue weighted by molar-refractivity contribution is 5.70. The van der Waals surface area contributed by atoms with Gasteiger partial charge in [-0.05, 0) is 67.2 Å². The number of carbonyl (C=O) groups excluding carboxylic acids is 2. The molecule has 5 heteroatoms. The average molecular weight is 413 g/mol. The first-order chi connectivity index (χ1) is 14.4. The zero-order valence-corrected chi connectivity index (χ0v) is 18.0. The summed E-state index contributed by atoms with van der Waals surface area (Å²) in [6.07, 6.45) is 10.8. The molecule has 0 amide bonds. The summed E-state index contributed by atoms with van der Waals surface area (Å²) in [7, 11) is 1.39. The molecule has 1 spiro atoms. The summed E-state index contributed by atoms with van der Waals surface area (Å²) in [4.78, 5) is 22.8. The van der Waals surface area contributed by atoms with E-state index >= 15 is 0 Å². The summed E-state index contributed by atoms with van der Waals surface area (Å²) < 4.78 is 16.2. The van der Waals surface area contributed by atoms with Crippen molar-refractivity contribution in [3.05, 3.63) is 54.1 Å². The standard InChI is InChI=1S/C25H32O5/c1-4-20(14-24(27)28-3)21-7-9-22(10-8-21)29-17-19-6-5-12-25(15-19)13-11-23(16-25)30-18(2)26/h4,7-10,15,20,23H,1,5-6,11-14,16-17H2,2-3H3/t20-,23-,25-/m0/s1. The number of esters is 2. The molecule has 3 rings (SSSR count). The third-order valence-corrected chi connectivity index (χ3v) is 6.25. The van der Waals surface area contributed by atoms with E-state index in [1.807, 2.05) is 24.3 Å². The van der Waals surface area contributed by atoms with Gasteiger partial charge >= 0.3 is 11.9 Å². The second-order valence-electron chi connectivity index (χ2n) is 8.47. The van der Waals surface area contributed by atoms with Gasteiger partial charge < -0.3 is 14.2 Å². The molecule has 2 aliphatic carbocycles. The van der Waals surface area contributed by atoms with Gasteiger partial charge in [-0.2, -0.15) is 0 Å². The van der Waals surface area contributed by atoms with Gasteiger partial charge in [-0.3, -0.25) is 9.59 Å². The Morgan fingerprint density at radius 2 is 2.03 bits per heavy atom. The molecule has 0 aliphatic heterocycles. The van der Waals surface area contributed by atoms with Crippen LogP contribution < -0.4 is 4.74 Å². The fourth-order valence-electron chi connectivity index (χ4n) is 4.75. The Balaban J connectivity index is 1.57. The van der Waals surface area contributed by atoms with E-state index in [-0.39, 0.29) is 35.8 Å². The molecule has 0 aromatic heterocycles. The van der Waals surface area contributed by atoms with E-state index in [0.717, 1.165) is 49.8 Å². The maximum Gasteiger partial charge on any atom is 0.306 e. The maximum atomic E-state index is 11.6. The molecule has 0 bridgehead atoms. The summed E-state index contributed by atoms with van der Waals surface area (Å²) in [5, 5.41) is 0. The molecule has 0 saturated heterocycles. The van der Waals surface area contributed by atoms with E-state index in [1.54, 1.807) is 6.08 Å². The normalized spacial score (nSPS) is 24.1. The predicted molar refractivity (Wildman–Crippen MR) is 115 cm³/mol. The SMILES string of the molecule is C=C[C@@H](CC(=O)OC)c1ccc(OCC2=C[C@]3(CCC2)CC[C@H](OC(C)=O)C3)cc1. The molecule has 1 aromatic carbocycles. The minimum absolute atomic E-state index is 0.0503. The van der Waals surface area contributed by atoms with Crippen molar-refractivity contribution < 1.29 is 23.8 Å². The molecule has 1 fully saturated rings. The summed E-state index contributed by atoms with van der Waals surface area (Å²) in [5.74, 6) is 0.305. The quantitative estimate of drug-likeness (QED) is 0.439. The highest BCUT2D eigenvalue weighted by Gasteiger charge is 2.40. The number of rotatable bonds is 8. The molecule has 30 heavy (non-hydrogen) atoms. The Morgan fingerprint density at radius 3 is 2.70 bits per heavy atom. The van der Waals surface area contributed by atoms with Crippen molar-refractivity contribution in [3.63, 3.8) is 0 Å². The maximum absolute atomic E-state index is 11.6. The number of carbonyl (C=O) groups is 2. The van der Waals surface area contributed by atoms with Gasteiger partial charge in [0.25, 0.3) is 0 Å². The topological polar surface area (TPSA) is 61.8 Å². The molecule has 1 saturated carbocycles. The first-order valence-electron chi connectivity index (χ1n) is 10.7. The van der Waals surface area contributed by atoms with Crippen LogP contribution in [-0.2, 0) is 19.1 Å². The van der Waals surface area contributed by atoms with Crippen molar-refractivity contribution in [1.29, 1.82) is 0 Å². The number of ether oxygens (including phenoxy) is 3. The van der Waals surface area contributed by atoms with Gasteiger partial charge in [0.2, 0.25) is 0 Å². The molecular weight excluding hydrogens is 380 g/mol. The molecule has 162 valence electrons. The molecule has 3 atom stereocenters. The second kappa shape index (κ2) is 9.96. The van der Waals surface area contributed by atoms with Gasteiger partial charge in [0.05, 0.1) is 13.5 Å². The number of methoxy groups -OCH3 is 1. The highest BCUT2D eigenvalue weighted by Crippen LogP contribution is 2.48. The van der Waals surface area contributed by atoms with Crippen LogP contribution in [0.25, 0.3) is 0 Å². The summed E-state index contributed by atoms with van der Waals surface area (Å²) in [5.41, 5.74) is 2.50. The average Bonchev–Trinajstić information content (AvgIpc) is 3.11. The summed E-state index contributed by atoms with van der Waals surface area (Å²) >= 11 is 0. The third-order valence-electron chi connectivity index (χ3n) is 6.25. The van der Waals surface area contributed by atoms with E-state index in [0.29, 0.717) is 6.61 Å². The van der Waals surface area contributed by atoms with E-state index in [4.69, 9.17) is 14.2 Å². The molecule has 0 heterocycles. The summed E-state index contributed by atoms with van der Waals surface area (Å²) in [6, 6.07) is 7.83. The Labute approximate surface area is 179 Å². The van der Waals surface area contributed by atoms with Crippen LogP contribution in [0.2, 0.25) is 0 Å². The third kappa shape index (κ3) is 5.74. The number of hydrogen-bond acceptors (Lipinski definition) is 5. The first-order valence-corrected chi connectivity index (χ1v) is 10.7. The van der Waals surface area contributed by atoms with Crippen LogP contribution in [0.3, 0.4) is 0 Å². The highest BCUT2D eigenvalue weighted by atomic mass is 16.5. The number of allylic oxidation sites excluding steroid dienone is 2. The van der Waals surface area contributed by atoms with E-state index < -0.39 is 0 Å². The second-order valence-corrected chi connectivity index (χ2v) is 8.47. The van der Waals surface area contributed by atoms with Crippen molar-refractivity contribution in [3.8, 4) is 5.75 Å². The molecule has 1 aromatic rings. The lowest BCUT2D eigenvalue weighted by Gasteiger charge is -2.31. The lowest BCUT2D eigenvalue weighted by molar-refractivity contribution is -0.146. The minimum Gasteiger partial charge on any atom is -0.489 e. The zero-order valence-electron chi connectivity index (χ0n) is 18.0. The van der Waals surface area contributed by atoms with E-state index in [9.17, 15) is 9.59 Å². The molecule has 0 unspecified atom stereocenters. The van der Waals surface area contributed by atoms with Crippen LogP contribution in [0.1, 0.15) is 63.4 Å². The van der Waals surface area contributed by atoms with Crippen LogP contribution in [-0.4, -0.2) is 31.8 Å². The molecule has 0 radical (unpaired) electrons. The smallest absolute Gasteiger partial charge is 0.306 e. The summed E-state index contributed by atoms with van der Waals surface area (Å²) in [6.45, 7) is 5.89. The van der Waals surface area contributed by atoms with Gasteiger partial charge in [-0.25, -0.2) is 0 Å². The lowest BCUT2D eigenvalue weighted by atomic mass is 9.75. The number of hydrogen-bond donors (Lipinski definition) is 0. The largest absolute Gasteiger partial charge is 0.489 e. The number of benzene rings is 1. The van der Waals surface area contributed by atoms with Crippen molar-refractivity contribution >= 4 is 11.9 Å². The predicted octanol–water partition coefficient (Wildman–Crippen LogP) is 5.11. The van der Waals surface area contributed by atoms with E-state index in [2.05, 4.69) is 12.7 Å². The van der Waals surface area contributed by atoms with Gasteiger partial charge in [0.15, 0.2) is 0 Å². The van der Waals surface area contributed by atoms with Gasteiger partial charge in [0.1, 0.15) is 18.5 Å². The first kappa shape index (κ1) is 22.1. The van der Waals surface area contributed by atoms with Crippen LogP contribution in [0.15, 0.2) is 48.6 Å². The van der Waals surface area contributed by atoms with E-state index in [1.165, 1.54) is 19.6 Å². The van der Waals surface area contributed by atoms with Gasteiger partial charge in [0, 0.05) is 12.8 Å². The van der Waals surface area contributed by atoms with Crippen molar-refractivity contribution in [2.24, 2.45) is 5.41 Å². The van der Waals surface area contributed by atoms with Crippen molar-refractivity contribution in [2.75, 3.05) is 13.7 Å². The van der Waals surface area contributed by atoms with Crippen molar-refractivity contribution in [1.82, 2.24) is 0 Å². The fraction of sp³-hybridized carbons (Fsp3) is 0.520. The minimum atomic E-state index is -0.249. The molecule has 2 aliphatic rings. The van der Waals surface area contributed by atoms with Crippen LogP contribution >= 0.6 is 0 Å². The van der Waals surface area contributed by atoms with Crippen LogP contribution in [0.5, 0.6) is 5.75 Å². The lowest BCUT2D eigenvalue weighted by Crippen LogP contribution is -2.22. The van der Waals surface area contributed by atoms with Crippen LogP contribution in [0.4, 0.5) is 0 Å². The fourth-order valence-corrected chi connectivity index (χ4v) is 4.75. The monoisotopic (exact) mass is 412 g/mol. The van der Waals surface area contributed by atoms with Crippen LogP contribution in [0, 0.1) is 5.41 Å². The Hall–Kier alpha value is -2.56. The molecule has 0 N–H and O–H groups in total. The zero-order chi connectivity index (χ0) is 21.6. The van der Waals surface area contributed by atoms with Gasteiger partial charge in [-0.1, -0.05) is 24.3 Å². The Morgan fingerprint density at radius 1 is 1.27 bits per heavy atom. The Kier molecular flexibility index (Phi) is 7.35. The molecular formula is C25H32O5.